The van der Waals surface area contributed by atoms with Crippen molar-refractivity contribution in [3.05, 3.63) is 24.0 Å². The molecule has 7 heteroatoms. The van der Waals surface area contributed by atoms with E-state index in [2.05, 4.69) is 15.1 Å². The van der Waals surface area contributed by atoms with Crippen LogP contribution in [0.4, 0.5) is 5.13 Å². The molecule has 0 bridgehead atoms. The van der Waals surface area contributed by atoms with E-state index in [-0.39, 0.29) is 6.10 Å². The first kappa shape index (κ1) is 13.0. The molecule has 1 aromatic carbocycles. The Morgan fingerprint density at radius 2 is 2.25 bits per heavy atom. The van der Waals surface area contributed by atoms with E-state index in [1.165, 1.54) is 11.3 Å². The third kappa shape index (κ3) is 2.25. The van der Waals surface area contributed by atoms with Crippen molar-refractivity contribution in [2.45, 2.75) is 19.4 Å². The van der Waals surface area contributed by atoms with E-state index in [1.54, 1.807) is 7.11 Å². The highest BCUT2D eigenvalue weighted by Crippen LogP contribution is 2.29. The maximum Gasteiger partial charge on any atom is 0.258 e. The number of rotatable bonds is 4. The second kappa shape index (κ2) is 5.18. The van der Waals surface area contributed by atoms with Crippen LogP contribution in [0.1, 0.15) is 25.3 Å². The van der Waals surface area contributed by atoms with Crippen LogP contribution in [0.15, 0.2) is 22.7 Å². The molecular weight excluding hydrogens is 276 g/mol. The quantitative estimate of drug-likeness (QED) is 0.794. The zero-order valence-corrected chi connectivity index (χ0v) is 12.0. The number of aromatic nitrogens is 3. The number of fused-ring (bicyclic) bond motifs is 1. The van der Waals surface area contributed by atoms with Crippen molar-refractivity contribution < 1.29 is 9.26 Å². The number of hydrogen-bond donors (Lipinski definition) is 1. The lowest BCUT2D eigenvalue weighted by molar-refractivity contribution is 0.0903. The molecule has 3 aromatic rings. The Bertz CT molecular complexity index is 733. The first-order chi connectivity index (χ1) is 9.71. The number of nitrogen functional groups attached to an aromatic ring is 1. The molecule has 1 unspecified atom stereocenters. The van der Waals surface area contributed by atoms with Gasteiger partial charge in [-0.15, -0.1) is 0 Å². The Kier molecular flexibility index (Phi) is 3.37. The maximum atomic E-state index is 5.70. The summed E-state index contributed by atoms with van der Waals surface area (Å²) in [4.78, 5) is 8.60. The van der Waals surface area contributed by atoms with Crippen molar-refractivity contribution >= 4 is 26.7 Å². The van der Waals surface area contributed by atoms with E-state index < -0.39 is 0 Å². The fourth-order valence-electron chi connectivity index (χ4n) is 2.01. The normalized spacial score (nSPS) is 12.9. The van der Waals surface area contributed by atoms with Gasteiger partial charge in [0.15, 0.2) is 5.13 Å². The Morgan fingerprint density at radius 3 is 3.00 bits per heavy atom. The molecule has 2 heterocycles. The van der Waals surface area contributed by atoms with E-state index in [1.807, 2.05) is 25.1 Å². The molecule has 0 spiro atoms. The summed E-state index contributed by atoms with van der Waals surface area (Å²) in [5.74, 6) is 1.04. The number of hydrogen-bond acceptors (Lipinski definition) is 7. The molecular formula is C13H14N4O2S. The largest absolute Gasteiger partial charge is 0.375 e. The number of nitrogens with zero attached hydrogens (tertiary/aromatic N) is 3. The van der Waals surface area contributed by atoms with Gasteiger partial charge in [0.25, 0.3) is 5.89 Å². The zero-order chi connectivity index (χ0) is 14.1. The molecule has 0 aliphatic heterocycles. The number of methoxy groups -OCH3 is 1. The molecule has 0 saturated heterocycles. The molecule has 0 radical (unpaired) electrons. The summed E-state index contributed by atoms with van der Waals surface area (Å²) in [6.07, 6.45) is 0.648. The average molecular weight is 290 g/mol. The third-order valence-corrected chi connectivity index (χ3v) is 3.88. The molecule has 104 valence electrons. The van der Waals surface area contributed by atoms with Crippen LogP contribution >= 0.6 is 11.3 Å². The lowest BCUT2D eigenvalue weighted by Crippen LogP contribution is -2.01. The molecule has 0 aliphatic rings. The second-order valence-electron chi connectivity index (χ2n) is 4.32. The van der Waals surface area contributed by atoms with Crippen LogP contribution in [0.2, 0.25) is 0 Å². The predicted molar refractivity (Wildman–Crippen MR) is 77.4 cm³/mol. The lowest BCUT2D eigenvalue weighted by atomic mass is 10.2. The van der Waals surface area contributed by atoms with Crippen molar-refractivity contribution in [3.8, 4) is 11.5 Å². The van der Waals surface area contributed by atoms with E-state index >= 15 is 0 Å². The van der Waals surface area contributed by atoms with Gasteiger partial charge in [0.05, 0.1) is 10.2 Å². The highest BCUT2D eigenvalue weighted by molar-refractivity contribution is 7.22. The monoisotopic (exact) mass is 290 g/mol. The van der Waals surface area contributed by atoms with Gasteiger partial charge in [-0.05, 0) is 24.6 Å². The van der Waals surface area contributed by atoms with E-state index in [0.717, 1.165) is 22.2 Å². The summed E-state index contributed by atoms with van der Waals surface area (Å²) < 4.78 is 11.6. The van der Waals surface area contributed by atoms with Crippen molar-refractivity contribution in [2.75, 3.05) is 12.8 Å². The molecule has 6 nitrogen and oxygen atoms in total. The highest BCUT2D eigenvalue weighted by atomic mass is 32.1. The van der Waals surface area contributed by atoms with Crippen molar-refractivity contribution in [1.29, 1.82) is 0 Å². The van der Waals surface area contributed by atoms with Crippen molar-refractivity contribution in [3.63, 3.8) is 0 Å². The molecule has 3 rings (SSSR count). The van der Waals surface area contributed by atoms with Gasteiger partial charge in [0.2, 0.25) is 5.82 Å². The minimum Gasteiger partial charge on any atom is -0.375 e. The van der Waals surface area contributed by atoms with Crippen LogP contribution in [0.5, 0.6) is 0 Å². The van der Waals surface area contributed by atoms with E-state index in [4.69, 9.17) is 15.0 Å². The number of ether oxygens (including phenoxy) is 1. The Hall–Kier alpha value is -1.99. The molecule has 20 heavy (non-hydrogen) atoms. The predicted octanol–water partition coefficient (Wildman–Crippen LogP) is 3.03. The standard InChI is InChI=1S/C13H14N4O2S/c1-3-9(18-2)11-16-12(19-17-11)7-4-5-8-10(6-7)20-13(14)15-8/h4-6,9H,3H2,1-2H3,(H2,14,15). The van der Waals surface area contributed by atoms with Gasteiger partial charge in [-0.3, -0.25) is 0 Å². The lowest BCUT2D eigenvalue weighted by Gasteiger charge is -2.05. The summed E-state index contributed by atoms with van der Waals surface area (Å²) >= 11 is 1.44. The smallest absolute Gasteiger partial charge is 0.258 e. The Labute approximate surface area is 119 Å². The number of nitrogens with two attached hydrogens (primary N) is 1. The first-order valence-corrected chi connectivity index (χ1v) is 7.05. The summed E-state index contributed by atoms with van der Waals surface area (Å²) in [5, 5.41) is 4.52. The van der Waals surface area contributed by atoms with Crippen LogP contribution in [-0.4, -0.2) is 22.2 Å². The minimum atomic E-state index is -0.143. The molecule has 2 aromatic heterocycles. The van der Waals surface area contributed by atoms with Crippen molar-refractivity contribution in [1.82, 2.24) is 15.1 Å². The highest BCUT2D eigenvalue weighted by Gasteiger charge is 2.17. The number of anilines is 1. The molecule has 0 amide bonds. The van der Waals surface area contributed by atoms with E-state index in [9.17, 15) is 0 Å². The van der Waals surface area contributed by atoms with Gasteiger partial charge in [-0.1, -0.05) is 23.4 Å². The number of benzene rings is 1. The Morgan fingerprint density at radius 1 is 1.40 bits per heavy atom. The van der Waals surface area contributed by atoms with Crippen LogP contribution < -0.4 is 5.73 Å². The summed E-state index contributed by atoms with van der Waals surface area (Å²) in [7, 11) is 1.64. The zero-order valence-electron chi connectivity index (χ0n) is 11.2. The molecule has 1 atom stereocenters. The first-order valence-electron chi connectivity index (χ1n) is 6.24. The average Bonchev–Trinajstić information content (AvgIpc) is 3.05. The second-order valence-corrected chi connectivity index (χ2v) is 5.39. The van der Waals surface area contributed by atoms with Gasteiger partial charge in [-0.25, -0.2) is 4.98 Å². The van der Waals surface area contributed by atoms with Crippen molar-refractivity contribution in [2.24, 2.45) is 0 Å². The molecule has 0 aliphatic carbocycles. The number of thiazole rings is 1. The molecule has 2 N–H and O–H groups in total. The maximum absolute atomic E-state index is 5.70. The van der Waals surface area contributed by atoms with E-state index in [0.29, 0.717) is 16.8 Å². The Balaban J connectivity index is 1.98. The van der Waals surface area contributed by atoms with Gasteiger partial charge in [0.1, 0.15) is 6.10 Å². The summed E-state index contributed by atoms with van der Waals surface area (Å²) in [5.41, 5.74) is 7.43. The van der Waals surface area contributed by atoms with Crippen LogP contribution in [0, 0.1) is 0 Å². The van der Waals surface area contributed by atoms with Gasteiger partial charge < -0.3 is 15.0 Å². The van der Waals surface area contributed by atoms with Crippen LogP contribution in [0.3, 0.4) is 0 Å². The minimum absolute atomic E-state index is 0.143. The fraction of sp³-hybridized carbons (Fsp3) is 0.308. The molecule has 0 fully saturated rings. The van der Waals surface area contributed by atoms with Gasteiger partial charge in [0, 0.05) is 12.7 Å². The fourth-order valence-corrected chi connectivity index (χ4v) is 2.79. The van der Waals surface area contributed by atoms with Gasteiger partial charge in [-0.2, -0.15) is 4.98 Å². The summed E-state index contributed by atoms with van der Waals surface area (Å²) in [6, 6.07) is 5.75. The van der Waals surface area contributed by atoms with Crippen LogP contribution in [-0.2, 0) is 4.74 Å². The van der Waals surface area contributed by atoms with Gasteiger partial charge >= 0.3 is 0 Å². The van der Waals surface area contributed by atoms with Crippen LogP contribution in [0.25, 0.3) is 21.7 Å². The molecule has 0 saturated carbocycles. The topological polar surface area (TPSA) is 87.1 Å². The third-order valence-electron chi connectivity index (χ3n) is 3.04. The summed E-state index contributed by atoms with van der Waals surface area (Å²) in [6.45, 7) is 2.01. The SMILES string of the molecule is CCC(OC)c1noc(-c2ccc3nc(N)sc3c2)n1.